The van der Waals surface area contributed by atoms with E-state index in [1.165, 1.54) is 36.7 Å². The Kier molecular flexibility index (Phi) is 5.95. The maximum Gasteiger partial charge on any atom is 0.265 e. The number of hydrogen-bond donors (Lipinski definition) is 1. The molecule has 29 heavy (non-hydrogen) atoms. The Morgan fingerprint density at radius 1 is 1.03 bits per heavy atom. The zero-order valence-electron chi connectivity index (χ0n) is 16.5. The fraction of sp³-hybridized carbons (Fsp3) is 0.368. The number of sulfonamides is 2. The van der Waals surface area contributed by atoms with E-state index in [2.05, 4.69) is 4.72 Å². The first kappa shape index (κ1) is 21.3. The van der Waals surface area contributed by atoms with E-state index in [0.717, 1.165) is 5.56 Å². The second-order valence-electron chi connectivity index (χ2n) is 6.54. The molecule has 0 radical (unpaired) electrons. The van der Waals surface area contributed by atoms with Gasteiger partial charge < -0.3 is 9.47 Å². The third kappa shape index (κ3) is 4.27. The van der Waals surface area contributed by atoms with Crippen LogP contribution in [0.1, 0.15) is 18.9 Å². The van der Waals surface area contributed by atoms with Crippen LogP contribution >= 0.6 is 0 Å². The molecule has 0 aliphatic carbocycles. The fourth-order valence-electron chi connectivity index (χ4n) is 3.28. The second kappa shape index (κ2) is 8.11. The summed E-state index contributed by atoms with van der Waals surface area (Å²) in [6.07, 6.45) is 1.35. The van der Waals surface area contributed by atoms with E-state index in [-0.39, 0.29) is 16.4 Å². The van der Waals surface area contributed by atoms with Gasteiger partial charge in [0, 0.05) is 18.3 Å². The molecule has 0 amide bonds. The van der Waals surface area contributed by atoms with E-state index in [9.17, 15) is 16.8 Å². The highest BCUT2D eigenvalue weighted by atomic mass is 32.2. The number of benzene rings is 2. The molecule has 0 unspecified atom stereocenters. The van der Waals surface area contributed by atoms with Crippen LogP contribution in [0.3, 0.4) is 0 Å². The van der Waals surface area contributed by atoms with Crippen LogP contribution in [-0.2, 0) is 26.5 Å². The van der Waals surface area contributed by atoms with Crippen molar-refractivity contribution in [3.63, 3.8) is 0 Å². The maximum absolute atomic E-state index is 12.9. The van der Waals surface area contributed by atoms with Crippen molar-refractivity contribution < 1.29 is 26.3 Å². The molecule has 0 saturated heterocycles. The van der Waals surface area contributed by atoms with Crippen molar-refractivity contribution >= 4 is 31.4 Å². The molecule has 1 N–H and O–H groups in total. The summed E-state index contributed by atoms with van der Waals surface area (Å²) < 4.78 is 64.7. The van der Waals surface area contributed by atoms with Crippen LogP contribution in [0.5, 0.6) is 11.5 Å². The molecule has 1 aliphatic heterocycles. The highest BCUT2D eigenvalue weighted by Gasteiger charge is 2.27. The lowest BCUT2D eigenvalue weighted by molar-refractivity contribution is 0.386. The van der Waals surface area contributed by atoms with Crippen LogP contribution in [0.25, 0.3) is 0 Å². The van der Waals surface area contributed by atoms with Gasteiger partial charge in [-0.1, -0.05) is 0 Å². The Morgan fingerprint density at radius 2 is 1.79 bits per heavy atom. The summed E-state index contributed by atoms with van der Waals surface area (Å²) in [7, 11) is -4.42. The van der Waals surface area contributed by atoms with Crippen LogP contribution < -0.4 is 18.5 Å². The van der Waals surface area contributed by atoms with Crippen molar-refractivity contribution in [3.05, 3.63) is 42.0 Å². The Hall–Kier alpha value is -2.46. The van der Waals surface area contributed by atoms with Gasteiger partial charge in [0.1, 0.15) is 16.4 Å². The quantitative estimate of drug-likeness (QED) is 0.710. The SMILES string of the molecule is CCS(=O)(=O)N1CCCc2cc(NS(=O)(=O)c3ccc(OC)cc3OC)ccc21. The predicted molar refractivity (Wildman–Crippen MR) is 112 cm³/mol. The van der Waals surface area contributed by atoms with Crippen LogP contribution in [0.15, 0.2) is 41.3 Å². The normalized spacial score (nSPS) is 14.2. The lowest BCUT2D eigenvalue weighted by atomic mass is 10.0. The highest BCUT2D eigenvalue weighted by molar-refractivity contribution is 7.93. The molecule has 158 valence electrons. The number of fused-ring (bicyclic) bond motifs is 1. The van der Waals surface area contributed by atoms with Crippen molar-refractivity contribution in [2.45, 2.75) is 24.7 Å². The monoisotopic (exact) mass is 440 g/mol. The minimum Gasteiger partial charge on any atom is -0.497 e. The summed E-state index contributed by atoms with van der Waals surface area (Å²) in [5, 5.41) is 0. The van der Waals surface area contributed by atoms with Crippen molar-refractivity contribution in [3.8, 4) is 11.5 Å². The Balaban J connectivity index is 1.94. The summed E-state index contributed by atoms with van der Waals surface area (Å²) in [6.45, 7) is 2.03. The molecule has 1 heterocycles. The van der Waals surface area contributed by atoms with Crippen LogP contribution in [0.4, 0.5) is 11.4 Å². The summed E-state index contributed by atoms with van der Waals surface area (Å²) in [5.41, 5.74) is 1.75. The van der Waals surface area contributed by atoms with E-state index < -0.39 is 20.0 Å². The van der Waals surface area contributed by atoms with Crippen molar-refractivity contribution in [1.29, 1.82) is 0 Å². The zero-order valence-corrected chi connectivity index (χ0v) is 18.1. The number of nitrogens with zero attached hydrogens (tertiary/aromatic N) is 1. The average molecular weight is 441 g/mol. The molecule has 8 nitrogen and oxygen atoms in total. The van der Waals surface area contributed by atoms with Gasteiger partial charge in [-0.3, -0.25) is 9.03 Å². The Bertz CT molecular complexity index is 1110. The predicted octanol–water partition coefficient (Wildman–Crippen LogP) is 2.61. The third-order valence-electron chi connectivity index (χ3n) is 4.77. The molecule has 1 aliphatic rings. The fourth-order valence-corrected chi connectivity index (χ4v) is 5.68. The lowest BCUT2D eigenvalue weighted by Gasteiger charge is -2.30. The van der Waals surface area contributed by atoms with Gasteiger partial charge in [0.25, 0.3) is 10.0 Å². The number of hydrogen-bond acceptors (Lipinski definition) is 6. The molecule has 3 rings (SSSR count). The van der Waals surface area contributed by atoms with Gasteiger partial charge in [-0.15, -0.1) is 0 Å². The van der Waals surface area contributed by atoms with E-state index in [1.807, 2.05) is 0 Å². The Morgan fingerprint density at radius 3 is 2.45 bits per heavy atom. The van der Waals surface area contributed by atoms with Crippen molar-refractivity contribution in [1.82, 2.24) is 0 Å². The van der Waals surface area contributed by atoms with Gasteiger partial charge in [0.05, 0.1) is 25.7 Å². The first-order valence-corrected chi connectivity index (χ1v) is 12.2. The molecule has 0 aromatic heterocycles. The van der Waals surface area contributed by atoms with E-state index >= 15 is 0 Å². The number of rotatable bonds is 7. The minimum atomic E-state index is -3.92. The number of nitrogens with one attached hydrogen (secondary N) is 1. The first-order valence-electron chi connectivity index (χ1n) is 9.10. The van der Waals surface area contributed by atoms with Crippen LogP contribution in [0.2, 0.25) is 0 Å². The van der Waals surface area contributed by atoms with Gasteiger partial charge in [-0.05, 0) is 55.7 Å². The highest BCUT2D eigenvalue weighted by Crippen LogP contribution is 2.34. The molecule has 2 aromatic carbocycles. The average Bonchev–Trinajstić information content (AvgIpc) is 2.72. The number of anilines is 2. The molecule has 0 bridgehead atoms. The molecule has 0 spiro atoms. The molecular weight excluding hydrogens is 416 g/mol. The molecule has 0 fully saturated rings. The van der Waals surface area contributed by atoms with Gasteiger partial charge in [0.2, 0.25) is 10.0 Å². The van der Waals surface area contributed by atoms with Gasteiger partial charge in [0.15, 0.2) is 0 Å². The largest absolute Gasteiger partial charge is 0.497 e. The second-order valence-corrected chi connectivity index (χ2v) is 10.4. The number of aryl methyl sites for hydroxylation is 1. The van der Waals surface area contributed by atoms with E-state index in [0.29, 0.717) is 36.5 Å². The van der Waals surface area contributed by atoms with E-state index in [1.54, 1.807) is 25.1 Å². The summed E-state index contributed by atoms with van der Waals surface area (Å²) in [4.78, 5) is -0.0197. The van der Waals surface area contributed by atoms with Crippen molar-refractivity contribution in [2.24, 2.45) is 0 Å². The third-order valence-corrected chi connectivity index (χ3v) is 7.97. The van der Waals surface area contributed by atoms with Gasteiger partial charge in [-0.2, -0.15) is 0 Å². The first-order chi connectivity index (χ1) is 13.7. The molecule has 2 aromatic rings. The van der Waals surface area contributed by atoms with Crippen LogP contribution in [-0.4, -0.2) is 43.4 Å². The zero-order chi connectivity index (χ0) is 21.2. The number of ether oxygens (including phenoxy) is 2. The molecular formula is C19H24N2O6S2. The molecule has 0 saturated carbocycles. The smallest absolute Gasteiger partial charge is 0.265 e. The topological polar surface area (TPSA) is 102 Å². The minimum absolute atomic E-state index is 0.0120. The standard InChI is InChI=1S/C19H24N2O6S2/c1-4-28(22,23)21-11-5-6-14-12-15(7-9-17(14)21)20-29(24,25)19-10-8-16(26-2)13-18(19)27-3/h7-10,12-13,20H,4-6,11H2,1-3H3. The maximum atomic E-state index is 12.9. The molecule has 10 heteroatoms. The summed E-state index contributed by atoms with van der Waals surface area (Å²) in [6, 6.07) is 9.33. The van der Waals surface area contributed by atoms with Crippen LogP contribution in [0, 0.1) is 0 Å². The summed E-state index contributed by atoms with van der Waals surface area (Å²) in [5.74, 6) is 0.653. The number of methoxy groups -OCH3 is 2. The van der Waals surface area contributed by atoms with Crippen molar-refractivity contribution in [2.75, 3.05) is 35.5 Å². The van der Waals surface area contributed by atoms with Gasteiger partial charge in [-0.25, -0.2) is 16.8 Å². The van der Waals surface area contributed by atoms with Gasteiger partial charge >= 0.3 is 0 Å². The lowest BCUT2D eigenvalue weighted by Crippen LogP contribution is -2.36. The van der Waals surface area contributed by atoms with E-state index in [4.69, 9.17) is 9.47 Å². The molecule has 0 atom stereocenters. The Labute approximate surface area is 171 Å². The summed E-state index contributed by atoms with van der Waals surface area (Å²) >= 11 is 0.